The van der Waals surface area contributed by atoms with Crippen molar-refractivity contribution in [3.63, 3.8) is 0 Å². The number of H-pyrrole nitrogens is 1. The second-order valence-electron chi connectivity index (χ2n) is 3.53. The Hall–Kier alpha value is -2.50. The van der Waals surface area contributed by atoms with E-state index >= 15 is 0 Å². The molecule has 2 N–H and O–H groups in total. The maximum absolute atomic E-state index is 13.6. The molecule has 0 aliphatic heterocycles. The number of rotatable bonds is 2. The van der Waals surface area contributed by atoms with Gasteiger partial charge >= 0.3 is 5.97 Å². The fraction of sp³-hybridized carbons (Fsp3) is 0. The maximum atomic E-state index is 13.6. The minimum absolute atomic E-state index is 0.0842. The van der Waals surface area contributed by atoms with Crippen molar-refractivity contribution in [2.24, 2.45) is 0 Å². The smallest absolute Gasteiger partial charge is 0.336 e. The molecule has 0 saturated carbocycles. The van der Waals surface area contributed by atoms with Crippen LogP contribution in [0.25, 0.3) is 11.1 Å². The Morgan fingerprint density at radius 1 is 1.22 bits per heavy atom. The average Bonchev–Trinajstić information content (AvgIpc) is 2.33. The average molecular weight is 251 g/mol. The highest BCUT2D eigenvalue weighted by Gasteiger charge is 2.17. The highest BCUT2D eigenvalue weighted by molar-refractivity contribution is 5.95. The molecule has 0 fully saturated rings. The van der Waals surface area contributed by atoms with Crippen LogP contribution < -0.4 is 5.56 Å². The number of hydrogen-bond acceptors (Lipinski definition) is 2. The lowest BCUT2D eigenvalue weighted by Crippen LogP contribution is -2.11. The molecule has 2 rings (SSSR count). The molecule has 0 aliphatic carbocycles. The summed E-state index contributed by atoms with van der Waals surface area (Å²) in [6.07, 6.45) is 1.05. The van der Waals surface area contributed by atoms with E-state index in [0.717, 1.165) is 18.3 Å². The Balaban J connectivity index is 2.75. The third-order valence-electron chi connectivity index (χ3n) is 2.40. The van der Waals surface area contributed by atoms with Gasteiger partial charge in [0, 0.05) is 23.4 Å². The van der Waals surface area contributed by atoms with Crippen LogP contribution in [0.2, 0.25) is 0 Å². The molecule has 0 aliphatic rings. The third kappa shape index (κ3) is 2.00. The molecule has 0 unspecified atom stereocenters. The fourth-order valence-electron chi connectivity index (χ4n) is 1.58. The molecule has 18 heavy (non-hydrogen) atoms. The lowest BCUT2D eigenvalue weighted by Gasteiger charge is -2.07. The van der Waals surface area contributed by atoms with Gasteiger partial charge in [-0.05, 0) is 6.07 Å². The van der Waals surface area contributed by atoms with E-state index in [0.29, 0.717) is 0 Å². The Labute approximate surface area is 99.5 Å². The first-order valence-corrected chi connectivity index (χ1v) is 4.91. The standard InChI is InChI=1S/C12H7F2NO3/c13-9-3-1-2-6(11(9)14)8-5-15-10(16)4-7(8)12(17)18/h1-5H,(H,15,16)(H,17,18). The van der Waals surface area contributed by atoms with Crippen LogP contribution in [0.3, 0.4) is 0 Å². The summed E-state index contributed by atoms with van der Waals surface area (Å²) in [6, 6.07) is 4.23. The lowest BCUT2D eigenvalue weighted by molar-refractivity contribution is 0.0697. The normalized spacial score (nSPS) is 10.3. The van der Waals surface area contributed by atoms with Gasteiger partial charge in [-0.25, -0.2) is 13.6 Å². The number of hydrogen-bond donors (Lipinski definition) is 2. The third-order valence-corrected chi connectivity index (χ3v) is 2.40. The van der Waals surface area contributed by atoms with Gasteiger partial charge in [-0.1, -0.05) is 12.1 Å². The zero-order valence-corrected chi connectivity index (χ0v) is 8.91. The minimum atomic E-state index is -1.39. The molecule has 0 amide bonds. The number of carbonyl (C=O) groups is 1. The molecule has 1 aromatic heterocycles. The van der Waals surface area contributed by atoms with Crippen LogP contribution in [0.5, 0.6) is 0 Å². The SMILES string of the molecule is O=C(O)c1cc(=O)[nH]cc1-c1cccc(F)c1F. The van der Waals surface area contributed by atoms with Crippen LogP contribution in [0.15, 0.2) is 35.3 Å². The number of pyridine rings is 1. The molecule has 0 spiro atoms. The number of carboxylic acids is 1. The van der Waals surface area contributed by atoms with E-state index in [1.807, 2.05) is 0 Å². The highest BCUT2D eigenvalue weighted by atomic mass is 19.2. The number of aromatic amines is 1. The summed E-state index contributed by atoms with van der Waals surface area (Å²) in [4.78, 5) is 24.3. The van der Waals surface area contributed by atoms with Crippen LogP contribution in [-0.4, -0.2) is 16.1 Å². The van der Waals surface area contributed by atoms with E-state index in [4.69, 9.17) is 5.11 Å². The fourth-order valence-corrected chi connectivity index (χ4v) is 1.58. The van der Waals surface area contributed by atoms with Crippen LogP contribution in [0.4, 0.5) is 8.78 Å². The number of benzene rings is 1. The van der Waals surface area contributed by atoms with Crippen molar-refractivity contribution in [2.75, 3.05) is 0 Å². The summed E-state index contributed by atoms with van der Waals surface area (Å²) < 4.78 is 26.7. The summed E-state index contributed by atoms with van der Waals surface area (Å²) in [7, 11) is 0. The van der Waals surface area contributed by atoms with Crippen molar-refractivity contribution in [2.45, 2.75) is 0 Å². The molecule has 0 saturated heterocycles. The number of halogens is 2. The van der Waals surface area contributed by atoms with Crippen molar-refractivity contribution >= 4 is 5.97 Å². The molecule has 6 heteroatoms. The van der Waals surface area contributed by atoms with Gasteiger partial charge in [-0.2, -0.15) is 0 Å². The number of aromatic carboxylic acids is 1. The Morgan fingerprint density at radius 2 is 1.94 bits per heavy atom. The molecule has 2 aromatic rings. The lowest BCUT2D eigenvalue weighted by atomic mass is 10.0. The minimum Gasteiger partial charge on any atom is -0.478 e. The first-order chi connectivity index (χ1) is 8.50. The predicted molar refractivity (Wildman–Crippen MR) is 59.4 cm³/mol. The van der Waals surface area contributed by atoms with E-state index in [2.05, 4.69) is 4.98 Å². The highest BCUT2D eigenvalue weighted by Crippen LogP contribution is 2.26. The van der Waals surface area contributed by atoms with Gasteiger partial charge in [-0.3, -0.25) is 4.79 Å². The van der Waals surface area contributed by atoms with Crippen molar-refractivity contribution in [3.8, 4) is 11.1 Å². The van der Waals surface area contributed by atoms with E-state index in [1.54, 1.807) is 0 Å². The van der Waals surface area contributed by atoms with Crippen molar-refractivity contribution in [1.82, 2.24) is 4.98 Å². The first-order valence-electron chi connectivity index (χ1n) is 4.91. The number of carboxylic acid groups (broad SMARTS) is 1. The molecule has 4 nitrogen and oxygen atoms in total. The maximum Gasteiger partial charge on any atom is 0.336 e. The van der Waals surface area contributed by atoms with Gasteiger partial charge in [0.25, 0.3) is 0 Å². The molecular formula is C12H7F2NO3. The van der Waals surface area contributed by atoms with E-state index in [1.165, 1.54) is 12.1 Å². The largest absolute Gasteiger partial charge is 0.478 e. The molecular weight excluding hydrogens is 244 g/mol. The topological polar surface area (TPSA) is 70.2 Å². The molecule has 1 heterocycles. The van der Waals surface area contributed by atoms with Crippen LogP contribution in [-0.2, 0) is 0 Å². The zero-order chi connectivity index (χ0) is 13.3. The second-order valence-corrected chi connectivity index (χ2v) is 3.53. The van der Waals surface area contributed by atoms with Crippen molar-refractivity contribution in [1.29, 1.82) is 0 Å². The summed E-state index contributed by atoms with van der Waals surface area (Å²) in [5.74, 6) is -3.64. The van der Waals surface area contributed by atoms with Crippen LogP contribution >= 0.6 is 0 Å². The van der Waals surface area contributed by atoms with Crippen LogP contribution in [0, 0.1) is 11.6 Å². The van der Waals surface area contributed by atoms with Gasteiger partial charge in [0.1, 0.15) is 0 Å². The monoisotopic (exact) mass is 251 g/mol. The molecule has 0 bridgehead atoms. The van der Waals surface area contributed by atoms with Gasteiger partial charge in [0.15, 0.2) is 11.6 Å². The van der Waals surface area contributed by atoms with E-state index < -0.39 is 23.2 Å². The Bertz CT molecular complexity index is 679. The van der Waals surface area contributed by atoms with Gasteiger partial charge in [0.2, 0.25) is 5.56 Å². The second kappa shape index (κ2) is 4.40. The van der Waals surface area contributed by atoms with Crippen LogP contribution in [0.1, 0.15) is 10.4 Å². The number of nitrogens with one attached hydrogen (secondary N) is 1. The van der Waals surface area contributed by atoms with E-state index in [-0.39, 0.29) is 16.7 Å². The summed E-state index contributed by atoms with van der Waals surface area (Å²) in [6.45, 7) is 0. The van der Waals surface area contributed by atoms with Crippen molar-refractivity contribution in [3.05, 3.63) is 58.0 Å². The quantitative estimate of drug-likeness (QED) is 0.857. The molecule has 1 aromatic carbocycles. The Morgan fingerprint density at radius 3 is 2.61 bits per heavy atom. The Kier molecular flexibility index (Phi) is 2.93. The van der Waals surface area contributed by atoms with E-state index in [9.17, 15) is 18.4 Å². The zero-order valence-electron chi connectivity index (χ0n) is 8.91. The molecule has 0 atom stereocenters. The first kappa shape index (κ1) is 12.0. The predicted octanol–water partition coefficient (Wildman–Crippen LogP) is 2.02. The molecule has 92 valence electrons. The van der Waals surface area contributed by atoms with Gasteiger partial charge in [-0.15, -0.1) is 0 Å². The summed E-state index contributed by atoms with van der Waals surface area (Å²) in [5, 5.41) is 8.94. The van der Waals surface area contributed by atoms with Gasteiger partial charge < -0.3 is 10.1 Å². The van der Waals surface area contributed by atoms with Gasteiger partial charge in [0.05, 0.1) is 5.56 Å². The number of aromatic nitrogens is 1. The summed E-state index contributed by atoms with van der Waals surface area (Å²) >= 11 is 0. The van der Waals surface area contributed by atoms with Crippen molar-refractivity contribution < 1.29 is 18.7 Å². The summed E-state index contributed by atoms with van der Waals surface area (Å²) in [5.41, 5.74) is -1.32. The molecule has 0 radical (unpaired) electrons.